The molecule has 0 unspecified atom stereocenters. The summed E-state index contributed by atoms with van der Waals surface area (Å²) in [5, 5.41) is 11.7. The van der Waals surface area contributed by atoms with Crippen molar-refractivity contribution < 1.29 is 13.6 Å². The van der Waals surface area contributed by atoms with Gasteiger partial charge in [-0.15, -0.1) is 10.2 Å². The maximum atomic E-state index is 12.3. The van der Waals surface area contributed by atoms with Crippen LogP contribution in [0.15, 0.2) is 33.1 Å². The monoisotopic (exact) mass is 382 g/mol. The number of amides is 1. The molecule has 1 aromatic carbocycles. The van der Waals surface area contributed by atoms with Gasteiger partial charge in [-0.3, -0.25) is 4.79 Å². The summed E-state index contributed by atoms with van der Waals surface area (Å²) in [5.74, 6) is 0.352. The van der Waals surface area contributed by atoms with Crippen LogP contribution < -0.4 is 5.32 Å². The Bertz CT molecular complexity index is 938. The molecule has 148 valence electrons. The van der Waals surface area contributed by atoms with E-state index in [0.717, 1.165) is 42.6 Å². The van der Waals surface area contributed by atoms with Crippen LogP contribution in [0.1, 0.15) is 48.4 Å². The average Bonchev–Trinajstić information content (AvgIpc) is 3.23. The Morgan fingerprint density at radius 3 is 2.68 bits per heavy atom. The summed E-state index contributed by atoms with van der Waals surface area (Å²) in [5.41, 5.74) is 1.68. The van der Waals surface area contributed by atoms with Gasteiger partial charge in [-0.1, -0.05) is 31.0 Å². The summed E-state index contributed by atoms with van der Waals surface area (Å²) in [4.78, 5) is 14.8. The van der Waals surface area contributed by atoms with Gasteiger partial charge < -0.3 is 19.1 Å². The second-order valence-corrected chi connectivity index (χ2v) is 7.33. The van der Waals surface area contributed by atoms with Crippen molar-refractivity contribution in [2.75, 3.05) is 26.2 Å². The summed E-state index contributed by atoms with van der Waals surface area (Å²) < 4.78 is 11.4. The first-order valence-corrected chi connectivity index (χ1v) is 10.0. The second-order valence-electron chi connectivity index (χ2n) is 7.33. The molecule has 0 aliphatic carbocycles. The molecule has 1 aliphatic heterocycles. The number of fused-ring (bicyclic) bond motifs is 1. The zero-order chi connectivity index (χ0) is 19.3. The fourth-order valence-electron chi connectivity index (χ4n) is 3.73. The van der Waals surface area contributed by atoms with Crippen LogP contribution >= 0.6 is 0 Å². The van der Waals surface area contributed by atoms with Crippen LogP contribution in [-0.2, 0) is 0 Å². The molecule has 4 rings (SSSR count). The summed E-state index contributed by atoms with van der Waals surface area (Å²) in [7, 11) is 0. The van der Waals surface area contributed by atoms with Gasteiger partial charge >= 0.3 is 11.8 Å². The van der Waals surface area contributed by atoms with E-state index in [2.05, 4.69) is 20.4 Å². The number of nitrogens with zero attached hydrogens (tertiary/aromatic N) is 3. The fourth-order valence-corrected chi connectivity index (χ4v) is 3.73. The van der Waals surface area contributed by atoms with Crippen molar-refractivity contribution in [1.82, 2.24) is 20.4 Å². The van der Waals surface area contributed by atoms with Crippen LogP contribution in [0.25, 0.3) is 22.6 Å². The molecule has 1 N–H and O–H groups in total. The van der Waals surface area contributed by atoms with Gasteiger partial charge in [0.2, 0.25) is 0 Å². The number of hydrogen-bond acceptors (Lipinski definition) is 6. The lowest BCUT2D eigenvalue weighted by atomic mass is 10.1. The predicted molar refractivity (Wildman–Crippen MR) is 106 cm³/mol. The third-order valence-corrected chi connectivity index (χ3v) is 5.29. The highest BCUT2D eigenvalue weighted by atomic mass is 16.4. The van der Waals surface area contributed by atoms with Gasteiger partial charge in [0.05, 0.1) is 0 Å². The van der Waals surface area contributed by atoms with Gasteiger partial charge in [0, 0.05) is 17.5 Å². The van der Waals surface area contributed by atoms with E-state index in [1.165, 1.54) is 25.7 Å². The quantitative estimate of drug-likeness (QED) is 0.653. The number of benzene rings is 1. The third kappa shape index (κ3) is 4.09. The molecule has 3 heterocycles. The minimum absolute atomic E-state index is 0.0374. The van der Waals surface area contributed by atoms with Crippen molar-refractivity contribution >= 4 is 16.9 Å². The van der Waals surface area contributed by atoms with Crippen LogP contribution in [0.4, 0.5) is 0 Å². The Balaban J connectivity index is 1.33. The molecule has 1 fully saturated rings. The predicted octanol–water partition coefficient (Wildman–Crippen LogP) is 3.79. The minimum atomic E-state index is -0.344. The highest BCUT2D eigenvalue weighted by Gasteiger charge is 2.21. The Morgan fingerprint density at radius 2 is 1.89 bits per heavy atom. The van der Waals surface area contributed by atoms with Crippen molar-refractivity contribution in [2.45, 2.75) is 39.0 Å². The minimum Gasteiger partial charge on any atom is -0.451 e. The SMILES string of the molecule is Cc1c(-c2nnc(C(=O)NCCCN3CCCCCC3)o2)oc2ccccc12. The number of aryl methyl sites for hydroxylation is 1. The summed E-state index contributed by atoms with van der Waals surface area (Å²) in [6, 6.07) is 7.73. The number of nitrogens with one attached hydrogen (secondary N) is 1. The third-order valence-electron chi connectivity index (χ3n) is 5.29. The van der Waals surface area contributed by atoms with E-state index >= 15 is 0 Å². The summed E-state index contributed by atoms with van der Waals surface area (Å²) in [6.07, 6.45) is 6.13. The normalized spacial score (nSPS) is 15.6. The average molecular weight is 382 g/mol. The van der Waals surface area contributed by atoms with Crippen molar-refractivity contribution in [3.63, 3.8) is 0 Å². The Morgan fingerprint density at radius 1 is 1.11 bits per heavy atom. The Labute approximate surface area is 164 Å². The molecule has 0 radical (unpaired) electrons. The van der Waals surface area contributed by atoms with E-state index in [0.29, 0.717) is 12.3 Å². The maximum Gasteiger partial charge on any atom is 0.308 e. The van der Waals surface area contributed by atoms with Crippen LogP contribution in [0.3, 0.4) is 0 Å². The maximum absolute atomic E-state index is 12.3. The number of carbonyl (C=O) groups is 1. The fraction of sp³-hybridized carbons (Fsp3) is 0.476. The first-order valence-electron chi connectivity index (χ1n) is 10.0. The zero-order valence-corrected chi connectivity index (χ0v) is 16.2. The lowest BCUT2D eigenvalue weighted by Crippen LogP contribution is -2.30. The molecule has 1 amide bonds. The highest BCUT2D eigenvalue weighted by Crippen LogP contribution is 2.31. The van der Waals surface area contributed by atoms with Crippen LogP contribution in [-0.4, -0.2) is 47.2 Å². The molecular weight excluding hydrogens is 356 g/mol. The molecule has 1 aliphatic rings. The molecule has 7 nitrogen and oxygen atoms in total. The number of furan rings is 1. The topological polar surface area (TPSA) is 84.4 Å². The smallest absolute Gasteiger partial charge is 0.308 e. The lowest BCUT2D eigenvalue weighted by molar-refractivity contribution is 0.0917. The standard InChI is InChI=1S/C21H26N4O3/c1-15-16-9-4-5-10-17(16)27-18(15)20-23-24-21(28-20)19(26)22-11-8-14-25-12-6-2-3-7-13-25/h4-5,9-10H,2-3,6-8,11-14H2,1H3,(H,22,26). The highest BCUT2D eigenvalue weighted by molar-refractivity contribution is 5.90. The molecule has 0 atom stereocenters. The molecule has 0 spiro atoms. The number of likely N-dealkylation sites (tertiary alicyclic amines) is 1. The van der Waals surface area contributed by atoms with E-state index in [1.807, 2.05) is 31.2 Å². The van der Waals surface area contributed by atoms with Crippen LogP contribution in [0.2, 0.25) is 0 Å². The van der Waals surface area contributed by atoms with E-state index in [1.54, 1.807) is 0 Å². The van der Waals surface area contributed by atoms with Gasteiger partial charge in [-0.25, -0.2) is 0 Å². The van der Waals surface area contributed by atoms with E-state index in [-0.39, 0.29) is 17.7 Å². The molecule has 0 bridgehead atoms. The van der Waals surface area contributed by atoms with Crippen molar-refractivity contribution in [2.24, 2.45) is 0 Å². The molecule has 7 heteroatoms. The number of rotatable bonds is 6. The van der Waals surface area contributed by atoms with Gasteiger partial charge in [-0.2, -0.15) is 0 Å². The van der Waals surface area contributed by atoms with Crippen molar-refractivity contribution in [1.29, 1.82) is 0 Å². The van der Waals surface area contributed by atoms with E-state index in [9.17, 15) is 4.79 Å². The number of aromatic nitrogens is 2. The van der Waals surface area contributed by atoms with Gasteiger partial charge in [-0.05, 0) is 51.9 Å². The lowest BCUT2D eigenvalue weighted by Gasteiger charge is -2.19. The molecule has 2 aromatic heterocycles. The number of hydrogen-bond donors (Lipinski definition) is 1. The largest absolute Gasteiger partial charge is 0.451 e. The Kier molecular flexibility index (Phi) is 5.71. The van der Waals surface area contributed by atoms with Gasteiger partial charge in [0.25, 0.3) is 5.89 Å². The van der Waals surface area contributed by atoms with Crippen LogP contribution in [0, 0.1) is 6.92 Å². The number of para-hydroxylation sites is 1. The molecular formula is C21H26N4O3. The van der Waals surface area contributed by atoms with E-state index in [4.69, 9.17) is 8.83 Å². The molecule has 0 saturated carbocycles. The van der Waals surface area contributed by atoms with Crippen LogP contribution in [0.5, 0.6) is 0 Å². The van der Waals surface area contributed by atoms with Crippen molar-refractivity contribution in [3.8, 4) is 11.7 Å². The Hall–Kier alpha value is -2.67. The first kappa shape index (κ1) is 18.7. The summed E-state index contributed by atoms with van der Waals surface area (Å²) >= 11 is 0. The zero-order valence-electron chi connectivity index (χ0n) is 16.2. The summed E-state index contributed by atoms with van der Waals surface area (Å²) in [6.45, 7) is 5.87. The second kappa shape index (κ2) is 8.56. The van der Waals surface area contributed by atoms with Gasteiger partial charge in [0.15, 0.2) is 5.76 Å². The van der Waals surface area contributed by atoms with E-state index < -0.39 is 0 Å². The molecule has 28 heavy (non-hydrogen) atoms. The van der Waals surface area contributed by atoms with Gasteiger partial charge in [0.1, 0.15) is 5.58 Å². The first-order chi connectivity index (χ1) is 13.7. The molecule has 1 saturated heterocycles. The number of carbonyl (C=O) groups excluding carboxylic acids is 1. The molecule has 3 aromatic rings. The van der Waals surface area contributed by atoms with Crippen molar-refractivity contribution in [3.05, 3.63) is 35.7 Å².